The fraction of sp³-hybridized carbons (Fsp3) is 0.286. The zero-order valence-corrected chi connectivity index (χ0v) is 21.6. The van der Waals surface area contributed by atoms with Crippen LogP contribution in [0.1, 0.15) is 16.7 Å². The molecule has 38 heavy (non-hydrogen) atoms. The van der Waals surface area contributed by atoms with Gasteiger partial charge in [-0.25, -0.2) is 0 Å². The van der Waals surface area contributed by atoms with Gasteiger partial charge in [-0.3, -0.25) is 9.69 Å². The number of nitrogens with one attached hydrogen (secondary N) is 1. The highest BCUT2D eigenvalue weighted by Gasteiger charge is 2.33. The summed E-state index contributed by atoms with van der Waals surface area (Å²) in [5.41, 5.74) is 0.807. The van der Waals surface area contributed by atoms with E-state index in [1.54, 1.807) is 18.2 Å². The Morgan fingerprint density at radius 3 is 2.32 bits per heavy atom. The zero-order valence-electron chi connectivity index (χ0n) is 20.8. The summed E-state index contributed by atoms with van der Waals surface area (Å²) in [5.74, 6) is -0.0706. The van der Waals surface area contributed by atoms with Gasteiger partial charge in [-0.2, -0.15) is 13.2 Å². The second kappa shape index (κ2) is 12.3. The Bertz CT molecular complexity index is 1260. The fourth-order valence-corrected chi connectivity index (χ4v) is 4.53. The van der Waals surface area contributed by atoms with Crippen LogP contribution in [0.3, 0.4) is 0 Å². The van der Waals surface area contributed by atoms with Crippen molar-refractivity contribution in [3.8, 4) is 11.5 Å². The van der Waals surface area contributed by atoms with Crippen LogP contribution in [0.25, 0.3) is 0 Å². The average molecular weight is 544 g/mol. The SMILES string of the molecule is COc1cc(C(=S)N2CCN(Cc3ccccc3)CC2)ccc1OCC(=O)Nc1ccccc1C(F)(F)F. The highest BCUT2D eigenvalue weighted by molar-refractivity contribution is 7.80. The number of halogens is 3. The molecule has 10 heteroatoms. The molecule has 4 rings (SSSR count). The molecule has 0 spiro atoms. The molecule has 1 amide bonds. The van der Waals surface area contributed by atoms with Crippen LogP contribution in [-0.4, -0.2) is 60.6 Å². The van der Waals surface area contributed by atoms with Crippen LogP contribution >= 0.6 is 12.2 Å². The number of alkyl halides is 3. The van der Waals surface area contributed by atoms with Gasteiger partial charge in [0.15, 0.2) is 18.1 Å². The third kappa shape index (κ3) is 7.02. The minimum atomic E-state index is -4.59. The van der Waals surface area contributed by atoms with Crippen LogP contribution < -0.4 is 14.8 Å². The van der Waals surface area contributed by atoms with Crippen LogP contribution in [0.2, 0.25) is 0 Å². The molecule has 1 heterocycles. The van der Waals surface area contributed by atoms with Gasteiger partial charge in [-0.05, 0) is 35.9 Å². The standard InChI is InChI=1S/C28H28F3N3O3S/c1-36-25-17-21(27(38)34-15-13-33(14-16-34)18-20-7-3-2-4-8-20)11-12-24(25)37-19-26(35)32-23-10-6-5-9-22(23)28(29,30)31/h2-12,17H,13-16,18-19H2,1H3,(H,32,35). The predicted octanol–water partition coefficient (Wildman–Crippen LogP) is 5.22. The van der Waals surface area contributed by atoms with Crippen molar-refractivity contribution in [3.05, 3.63) is 89.5 Å². The average Bonchev–Trinajstić information content (AvgIpc) is 2.92. The molecule has 1 saturated heterocycles. The lowest BCUT2D eigenvalue weighted by Gasteiger charge is -2.36. The summed E-state index contributed by atoms with van der Waals surface area (Å²) in [5, 5.41) is 2.26. The van der Waals surface area contributed by atoms with Gasteiger partial charge in [0.1, 0.15) is 4.99 Å². The molecule has 1 aliphatic rings. The maximum atomic E-state index is 13.2. The molecular weight excluding hydrogens is 515 g/mol. The Labute approximate surface area is 225 Å². The van der Waals surface area contributed by atoms with Crippen molar-refractivity contribution in [2.24, 2.45) is 0 Å². The highest BCUT2D eigenvalue weighted by atomic mass is 32.1. The van der Waals surface area contributed by atoms with Crippen LogP contribution in [0, 0.1) is 0 Å². The number of hydrogen-bond acceptors (Lipinski definition) is 5. The van der Waals surface area contributed by atoms with E-state index in [9.17, 15) is 18.0 Å². The van der Waals surface area contributed by atoms with Crippen molar-refractivity contribution < 1.29 is 27.4 Å². The van der Waals surface area contributed by atoms with Gasteiger partial charge in [0, 0.05) is 38.3 Å². The van der Waals surface area contributed by atoms with Crippen molar-refractivity contribution in [2.75, 3.05) is 45.2 Å². The number of benzene rings is 3. The highest BCUT2D eigenvalue weighted by Crippen LogP contribution is 2.34. The number of nitrogens with zero attached hydrogens (tertiary/aromatic N) is 2. The first-order chi connectivity index (χ1) is 18.2. The Morgan fingerprint density at radius 1 is 0.947 bits per heavy atom. The van der Waals surface area contributed by atoms with E-state index in [2.05, 4.69) is 27.2 Å². The molecule has 0 atom stereocenters. The van der Waals surface area contributed by atoms with E-state index in [1.165, 1.54) is 30.9 Å². The van der Waals surface area contributed by atoms with Crippen molar-refractivity contribution in [3.63, 3.8) is 0 Å². The molecular formula is C28H28F3N3O3S. The molecule has 6 nitrogen and oxygen atoms in total. The molecule has 0 bridgehead atoms. The Kier molecular flexibility index (Phi) is 8.85. The minimum absolute atomic E-state index is 0.283. The molecule has 0 unspecified atom stereocenters. The monoisotopic (exact) mass is 543 g/mol. The second-order valence-corrected chi connectivity index (χ2v) is 9.19. The maximum absolute atomic E-state index is 13.2. The number of thiocarbonyl (C=S) groups is 1. The predicted molar refractivity (Wildman–Crippen MR) is 144 cm³/mol. The second-order valence-electron chi connectivity index (χ2n) is 8.80. The summed E-state index contributed by atoms with van der Waals surface area (Å²) < 4.78 is 50.5. The number of methoxy groups -OCH3 is 1. The zero-order chi connectivity index (χ0) is 27.1. The lowest BCUT2D eigenvalue weighted by Crippen LogP contribution is -2.48. The number of ether oxygens (including phenoxy) is 2. The molecule has 1 aliphatic heterocycles. The maximum Gasteiger partial charge on any atom is 0.418 e. The van der Waals surface area contributed by atoms with Gasteiger partial charge >= 0.3 is 6.18 Å². The molecule has 200 valence electrons. The number of carbonyl (C=O) groups is 1. The molecule has 3 aromatic rings. The van der Waals surface area contributed by atoms with Gasteiger partial charge in [0.2, 0.25) is 0 Å². The van der Waals surface area contributed by atoms with Crippen molar-refractivity contribution in [2.45, 2.75) is 12.7 Å². The Balaban J connectivity index is 1.33. The summed E-state index contributed by atoms with van der Waals surface area (Å²) in [4.78, 5) is 17.5. The Morgan fingerprint density at radius 2 is 1.63 bits per heavy atom. The van der Waals surface area contributed by atoms with E-state index in [-0.39, 0.29) is 11.4 Å². The summed E-state index contributed by atoms with van der Waals surface area (Å²) in [6.07, 6.45) is -4.59. The van der Waals surface area contributed by atoms with E-state index >= 15 is 0 Å². The number of amides is 1. The van der Waals surface area contributed by atoms with E-state index in [0.29, 0.717) is 10.7 Å². The van der Waals surface area contributed by atoms with Gasteiger partial charge < -0.3 is 19.7 Å². The summed E-state index contributed by atoms with van der Waals surface area (Å²) >= 11 is 5.74. The number of rotatable bonds is 8. The number of hydrogen-bond donors (Lipinski definition) is 1. The summed E-state index contributed by atoms with van der Waals surface area (Å²) in [6.45, 7) is 3.78. The first kappa shape index (κ1) is 27.4. The number of carbonyl (C=O) groups excluding carboxylic acids is 1. The van der Waals surface area contributed by atoms with Gasteiger partial charge in [-0.15, -0.1) is 0 Å². The molecule has 0 aliphatic carbocycles. The van der Waals surface area contributed by atoms with E-state index in [1.807, 2.05) is 18.2 Å². The van der Waals surface area contributed by atoms with Crippen LogP contribution in [0.4, 0.5) is 18.9 Å². The molecule has 0 saturated carbocycles. The number of anilines is 1. The molecule has 0 radical (unpaired) electrons. The summed E-state index contributed by atoms with van der Waals surface area (Å²) in [6, 6.07) is 20.3. The lowest BCUT2D eigenvalue weighted by atomic mass is 10.1. The third-order valence-electron chi connectivity index (χ3n) is 6.18. The topological polar surface area (TPSA) is 54.0 Å². The van der Waals surface area contributed by atoms with Crippen LogP contribution in [0.15, 0.2) is 72.8 Å². The largest absolute Gasteiger partial charge is 0.493 e. The van der Waals surface area contributed by atoms with Gasteiger partial charge in [0.25, 0.3) is 5.91 Å². The van der Waals surface area contributed by atoms with E-state index in [4.69, 9.17) is 21.7 Å². The van der Waals surface area contributed by atoms with Crippen molar-refractivity contribution in [1.82, 2.24) is 9.80 Å². The normalized spacial score (nSPS) is 14.2. The smallest absolute Gasteiger partial charge is 0.418 e. The van der Waals surface area contributed by atoms with Crippen molar-refractivity contribution >= 4 is 28.8 Å². The minimum Gasteiger partial charge on any atom is -0.493 e. The van der Waals surface area contributed by atoms with Crippen LogP contribution in [-0.2, 0) is 17.5 Å². The number of piperazine rings is 1. The molecule has 1 N–H and O–H groups in total. The van der Waals surface area contributed by atoms with E-state index in [0.717, 1.165) is 44.4 Å². The Hall–Kier alpha value is -3.63. The molecule has 0 aromatic heterocycles. The lowest BCUT2D eigenvalue weighted by molar-refractivity contribution is -0.137. The van der Waals surface area contributed by atoms with Crippen molar-refractivity contribution in [1.29, 1.82) is 0 Å². The summed E-state index contributed by atoms with van der Waals surface area (Å²) in [7, 11) is 1.47. The van der Waals surface area contributed by atoms with Gasteiger partial charge in [-0.1, -0.05) is 54.7 Å². The number of para-hydroxylation sites is 1. The first-order valence-electron chi connectivity index (χ1n) is 12.1. The fourth-order valence-electron chi connectivity index (χ4n) is 4.22. The first-order valence-corrected chi connectivity index (χ1v) is 12.5. The molecule has 1 fully saturated rings. The molecule has 3 aromatic carbocycles. The van der Waals surface area contributed by atoms with E-state index < -0.39 is 24.3 Å². The van der Waals surface area contributed by atoms with Crippen LogP contribution in [0.5, 0.6) is 11.5 Å². The third-order valence-corrected chi connectivity index (χ3v) is 6.68. The quantitative estimate of drug-likeness (QED) is 0.393. The van der Waals surface area contributed by atoms with Gasteiger partial charge in [0.05, 0.1) is 18.4 Å².